The van der Waals surface area contributed by atoms with Crippen molar-refractivity contribution >= 4 is 16.8 Å². The van der Waals surface area contributed by atoms with Gasteiger partial charge in [0, 0.05) is 0 Å². The van der Waals surface area contributed by atoms with E-state index in [1.165, 1.54) is 0 Å². The van der Waals surface area contributed by atoms with Gasteiger partial charge in [-0.2, -0.15) is 0 Å². The number of rotatable bonds is 2. The van der Waals surface area contributed by atoms with Gasteiger partial charge in [0.15, 0.2) is 5.69 Å². The predicted octanol–water partition coefficient (Wildman–Crippen LogP) is 2.10. The molecule has 0 fully saturated rings. The lowest BCUT2D eigenvalue weighted by molar-refractivity contribution is 0.107. The summed E-state index contributed by atoms with van der Waals surface area (Å²) in [7, 11) is 0. The van der Waals surface area contributed by atoms with Crippen molar-refractivity contribution in [3.8, 4) is 5.75 Å². The van der Waals surface area contributed by atoms with Crippen molar-refractivity contribution in [1.29, 1.82) is 0 Å². The molecular weight excluding hydrogens is 204 g/mol. The summed E-state index contributed by atoms with van der Waals surface area (Å²) in [6, 6.07) is 1.87. The second kappa shape index (κ2) is 3.66. The van der Waals surface area contributed by atoms with Crippen molar-refractivity contribution < 1.29 is 18.7 Å². The molecule has 0 saturated heterocycles. The number of pyridine rings is 1. The average Bonchev–Trinajstić information content (AvgIpc) is 2.04. The van der Waals surface area contributed by atoms with Gasteiger partial charge in [0.2, 0.25) is 0 Å². The Morgan fingerprint density at radius 1 is 1.54 bits per heavy atom. The maximum absolute atomic E-state index is 12.0. The van der Waals surface area contributed by atoms with E-state index in [0.29, 0.717) is 0 Å². The minimum Gasteiger partial charge on any atom is -0.505 e. The van der Waals surface area contributed by atoms with Crippen LogP contribution in [-0.4, -0.2) is 15.3 Å². The molecule has 0 radical (unpaired) electrons. The lowest BCUT2D eigenvalue weighted by Crippen LogP contribution is -1.99. The zero-order valence-electron chi connectivity index (χ0n) is 6.17. The van der Waals surface area contributed by atoms with Crippen LogP contribution in [0.25, 0.3) is 0 Å². The van der Waals surface area contributed by atoms with Gasteiger partial charge in [-0.15, -0.1) is 0 Å². The highest BCUT2D eigenvalue weighted by Crippen LogP contribution is 2.22. The van der Waals surface area contributed by atoms with Gasteiger partial charge in [0.25, 0.3) is 11.7 Å². The van der Waals surface area contributed by atoms with Crippen LogP contribution < -0.4 is 0 Å². The van der Waals surface area contributed by atoms with Crippen LogP contribution in [0.15, 0.2) is 12.1 Å². The number of carbonyl (C=O) groups is 1. The summed E-state index contributed by atoms with van der Waals surface area (Å²) in [6.45, 7) is 0. The Hall–Kier alpha value is -1.23. The molecular formula is C7H4ClF2NO2. The molecule has 0 aromatic carbocycles. The topological polar surface area (TPSA) is 50.2 Å². The zero-order chi connectivity index (χ0) is 10.0. The molecule has 0 aliphatic carbocycles. The number of carbonyl (C=O) groups excluding carboxylic acids is 1. The van der Waals surface area contributed by atoms with Crippen molar-refractivity contribution in [3.63, 3.8) is 0 Å². The minimum atomic E-state index is -2.80. The van der Waals surface area contributed by atoms with E-state index in [4.69, 9.17) is 16.7 Å². The molecule has 1 rings (SSSR count). The van der Waals surface area contributed by atoms with E-state index in [2.05, 4.69) is 4.98 Å². The fourth-order valence-corrected chi connectivity index (χ4v) is 0.872. The van der Waals surface area contributed by atoms with Crippen molar-refractivity contribution in [2.24, 2.45) is 0 Å². The highest BCUT2D eigenvalue weighted by molar-refractivity contribution is 6.67. The number of alkyl halides is 2. The number of aromatic nitrogens is 1. The largest absolute Gasteiger partial charge is 0.505 e. The molecule has 0 atom stereocenters. The summed E-state index contributed by atoms with van der Waals surface area (Å²) in [4.78, 5) is 13.7. The van der Waals surface area contributed by atoms with Gasteiger partial charge in [-0.1, -0.05) is 0 Å². The van der Waals surface area contributed by atoms with Crippen molar-refractivity contribution in [3.05, 3.63) is 23.5 Å². The summed E-state index contributed by atoms with van der Waals surface area (Å²) < 4.78 is 24.1. The van der Waals surface area contributed by atoms with Crippen LogP contribution >= 0.6 is 11.6 Å². The number of hydrogen-bond acceptors (Lipinski definition) is 3. The van der Waals surface area contributed by atoms with Crippen LogP contribution in [0.5, 0.6) is 5.75 Å². The van der Waals surface area contributed by atoms with Crippen LogP contribution in [0, 0.1) is 0 Å². The van der Waals surface area contributed by atoms with Gasteiger partial charge < -0.3 is 5.11 Å². The third kappa shape index (κ3) is 2.12. The van der Waals surface area contributed by atoms with Gasteiger partial charge >= 0.3 is 0 Å². The lowest BCUT2D eigenvalue weighted by Gasteiger charge is -2.01. The molecule has 0 saturated carbocycles. The van der Waals surface area contributed by atoms with Crippen LogP contribution in [0.2, 0.25) is 0 Å². The SMILES string of the molecule is O=C(Cl)c1nc(C(F)F)ccc1O. The van der Waals surface area contributed by atoms with E-state index in [-0.39, 0.29) is 0 Å². The van der Waals surface area contributed by atoms with E-state index < -0.39 is 28.8 Å². The molecule has 0 spiro atoms. The van der Waals surface area contributed by atoms with Crippen molar-refractivity contribution in [1.82, 2.24) is 4.98 Å². The number of halogens is 3. The number of aromatic hydroxyl groups is 1. The van der Waals surface area contributed by atoms with Crippen molar-refractivity contribution in [2.75, 3.05) is 0 Å². The van der Waals surface area contributed by atoms with E-state index in [1.54, 1.807) is 0 Å². The summed E-state index contributed by atoms with van der Waals surface area (Å²) in [5.74, 6) is -0.510. The van der Waals surface area contributed by atoms with Crippen LogP contribution in [0.1, 0.15) is 22.6 Å². The normalized spacial score (nSPS) is 10.5. The predicted molar refractivity (Wildman–Crippen MR) is 41.0 cm³/mol. The molecule has 6 heteroatoms. The highest BCUT2D eigenvalue weighted by Gasteiger charge is 2.15. The average molecular weight is 208 g/mol. The van der Waals surface area contributed by atoms with Gasteiger partial charge in [-0.3, -0.25) is 4.79 Å². The molecule has 3 nitrogen and oxygen atoms in total. The summed E-state index contributed by atoms with van der Waals surface area (Å²) >= 11 is 4.98. The van der Waals surface area contributed by atoms with E-state index in [9.17, 15) is 13.6 Å². The van der Waals surface area contributed by atoms with Crippen LogP contribution in [0.3, 0.4) is 0 Å². The number of nitrogens with zero attached hydrogens (tertiary/aromatic N) is 1. The molecule has 0 aliphatic rings. The first-order valence-electron chi connectivity index (χ1n) is 3.20. The van der Waals surface area contributed by atoms with Crippen LogP contribution in [0.4, 0.5) is 8.78 Å². The Bertz CT molecular complexity index is 343. The molecule has 0 aliphatic heterocycles. The molecule has 1 aromatic heterocycles. The standard InChI is InChI=1S/C7H4ClF2NO2/c8-6(13)5-4(12)2-1-3(11-5)7(9)10/h1-2,7,12H. The first-order valence-corrected chi connectivity index (χ1v) is 3.58. The molecule has 0 amide bonds. The van der Waals surface area contributed by atoms with Gasteiger partial charge in [-0.25, -0.2) is 13.8 Å². The second-order valence-corrected chi connectivity index (χ2v) is 2.52. The molecule has 0 bridgehead atoms. The Balaban J connectivity index is 3.19. The highest BCUT2D eigenvalue weighted by atomic mass is 35.5. The second-order valence-electron chi connectivity index (χ2n) is 2.18. The fraction of sp³-hybridized carbons (Fsp3) is 0.143. The van der Waals surface area contributed by atoms with E-state index in [0.717, 1.165) is 12.1 Å². The molecule has 70 valence electrons. The van der Waals surface area contributed by atoms with E-state index in [1.807, 2.05) is 0 Å². The summed E-state index contributed by atoms with van der Waals surface area (Å²) in [5, 5.41) is 7.91. The first kappa shape index (κ1) is 9.85. The zero-order valence-corrected chi connectivity index (χ0v) is 6.92. The first-order chi connectivity index (χ1) is 6.02. The summed E-state index contributed by atoms with van der Waals surface area (Å²) in [6.07, 6.45) is -2.80. The Kier molecular flexibility index (Phi) is 2.77. The van der Waals surface area contributed by atoms with Gasteiger partial charge in [0.1, 0.15) is 11.4 Å². The maximum Gasteiger partial charge on any atom is 0.280 e. The molecule has 1 heterocycles. The third-order valence-electron chi connectivity index (χ3n) is 1.31. The van der Waals surface area contributed by atoms with E-state index >= 15 is 0 Å². The maximum atomic E-state index is 12.0. The Labute approximate surface area is 77.0 Å². The minimum absolute atomic E-state index is 0.510. The summed E-state index contributed by atoms with van der Waals surface area (Å²) in [5.41, 5.74) is -1.15. The number of hydrogen-bond donors (Lipinski definition) is 1. The molecule has 1 N–H and O–H groups in total. The van der Waals surface area contributed by atoms with Crippen molar-refractivity contribution in [2.45, 2.75) is 6.43 Å². The third-order valence-corrected chi connectivity index (χ3v) is 1.48. The monoisotopic (exact) mass is 207 g/mol. The van der Waals surface area contributed by atoms with Gasteiger partial charge in [0.05, 0.1) is 0 Å². The smallest absolute Gasteiger partial charge is 0.280 e. The molecule has 1 aromatic rings. The Morgan fingerprint density at radius 2 is 2.15 bits per heavy atom. The lowest BCUT2D eigenvalue weighted by atomic mass is 10.3. The fourth-order valence-electron chi connectivity index (χ4n) is 0.733. The quantitative estimate of drug-likeness (QED) is 0.756. The van der Waals surface area contributed by atoms with Gasteiger partial charge in [-0.05, 0) is 23.7 Å². The van der Waals surface area contributed by atoms with Crippen LogP contribution in [-0.2, 0) is 0 Å². The molecule has 0 unspecified atom stereocenters. The molecule has 13 heavy (non-hydrogen) atoms. The Morgan fingerprint density at radius 3 is 2.62 bits per heavy atom.